The van der Waals surface area contributed by atoms with E-state index in [0.717, 1.165) is 28.9 Å². The zero-order valence-corrected chi connectivity index (χ0v) is 27.5. The monoisotopic (exact) mass is 642 g/mol. The first-order valence-electron chi connectivity index (χ1n) is 17.4. The van der Waals surface area contributed by atoms with E-state index in [0.29, 0.717) is 6.54 Å². The van der Waals surface area contributed by atoms with Crippen molar-refractivity contribution in [2.24, 2.45) is 0 Å². The molecule has 3 aromatic heterocycles. The maximum Gasteiger partial charge on any atom is 0.0948 e. The molecule has 1 atom stereocenters. The van der Waals surface area contributed by atoms with Crippen LogP contribution in [0.2, 0.25) is 0 Å². The van der Waals surface area contributed by atoms with Gasteiger partial charge in [0.2, 0.25) is 0 Å². The van der Waals surface area contributed by atoms with Crippen LogP contribution < -0.4 is 0 Å². The number of hydrogen-bond acceptors (Lipinski definition) is 1. The minimum Gasteiger partial charge on any atom is -0.331 e. The van der Waals surface area contributed by atoms with Crippen LogP contribution >= 0.6 is 0 Å². The average molecular weight is 643 g/mol. The Balaban J connectivity index is 1.30. The molecule has 10 rings (SSSR count). The van der Waals surface area contributed by atoms with Gasteiger partial charge in [-0.15, -0.1) is 0 Å². The summed E-state index contributed by atoms with van der Waals surface area (Å²) < 4.78 is 7.27. The van der Waals surface area contributed by atoms with Gasteiger partial charge < -0.3 is 9.13 Å². The largest absolute Gasteiger partial charge is 0.331 e. The van der Waals surface area contributed by atoms with Crippen molar-refractivity contribution in [3.05, 3.63) is 187 Å². The summed E-state index contributed by atoms with van der Waals surface area (Å²) >= 11 is 0. The highest BCUT2D eigenvalue weighted by molar-refractivity contribution is 6.13. The van der Waals surface area contributed by atoms with Crippen molar-refractivity contribution in [1.82, 2.24) is 18.9 Å². The van der Waals surface area contributed by atoms with Crippen LogP contribution in [0.1, 0.15) is 23.7 Å². The van der Waals surface area contributed by atoms with E-state index >= 15 is 0 Å². The predicted molar refractivity (Wildman–Crippen MR) is 208 cm³/mol. The number of benzene rings is 6. The summed E-state index contributed by atoms with van der Waals surface area (Å²) in [4.78, 5) is 0. The van der Waals surface area contributed by atoms with Crippen LogP contribution in [0.25, 0.3) is 66.1 Å². The van der Waals surface area contributed by atoms with Crippen molar-refractivity contribution in [3.8, 4) is 11.3 Å². The van der Waals surface area contributed by atoms with Crippen LogP contribution in [-0.2, 0) is 6.54 Å². The summed E-state index contributed by atoms with van der Waals surface area (Å²) in [5, 5.41) is 10.5. The van der Waals surface area contributed by atoms with E-state index in [9.17, 15) is 0 Å². The summed E-state index contributed by atoms with van der Waals surface area (Å²) in [5.74, 6) is 0. The maximum atomic E-state index is 5.45. The molecule has 0 saturated heterocycles. The molecule has 6 aromatic carbocycles. The van der Waals surface area contributed by atoms with E-state index in [1.807, 2.05) is 0 Å². The minimum atomic E-state index is 0.0125. The van der Waals surface area contributed by atoms with Crippen molar-refractivity contribution >= 4 is 54.9 Å². The second kappa shape index (κ2) is 11.6. The third-order valence-corrected chi connectivity index (χ3v) is 10.3. The summed E-state index contributed by atoms with van der Waals surface area (Å²) in [7, 11) is 0. The van der Waals surface area contributed by atoms with Gasteiger partial charge in [0.05, 0.1) is 40.7 Å². The smallest absolute Gasteiger partial charge is 0.0948 e. The molecule has 1 aliphatic carbocycles. The second-order valence-corrected chi connectivity index (χ2v) is 13.2. The molecular weight excluding hydrogens is 609 g/mol. The standard InChI is InChI=1S/C46H34N4/c1-3-16-32(17-4-1)31-48-45(33-18-5-2-6-19-33)30-39(47-48)38-24-15-29-44(49-40-25-11-7-20-34(40)35-21-8-12-26-41(35)49)46(38)50-42-27-13-9-22-36(42)37-23-10-14-28-43(37)50/h1-28,30,44H,29,31H2. The molecular formula is C46H34N4. The molecule has 4 heteroatoms. The van der Waals surface area contributed by atoms with Crippen LogP contribution in [0.3, 0.4) is 0 Å². The number of rotatable bonds is 6. The first kappa shape index (κ1) is 28.6. The Bertz CT molecular complexity index is 2650. The van der Waals surface area contributed by atoms with Gasteiger partial charge in [0.1, 0.15) is 0 Å². The predicted octanol–water partition coefficient (Wildman–Crippen LogP) is 11.4. The first-order chi connectivity index (χ1) is 24.8. The van der Waals surface area contributed by atoms with E-state index in [1.54, 1.807) is 0 Å². The van der Waals surface area contributed by atoms with Crippen LogP contribution in [0.4, 0.5) is 0 Å². The molecule has 0 bridgehead atoms. The van der Waals surface area contributed by atoms with E-state index < -0.39 is 0 Å². The fourth-order valence-electron chi connectivity index (χ4n) is 8.14. The molecule has 0 radical (unpaired) electrons. The zero-order chi connectivity index (χ0) is 33.0. The zero-order valence-electron chi connectivity index (χ0n) is 27.5. The Morgan fingerprint density at radius 1 is 0.540 bits per heavy atom. The normalized spacial score (nSPS) is 14.8. The minimum absolute atomic E-state index is 0.0125. The van der Waals surface area contributed by atoms with Crippen LogP contribution in [-0.4, -0.2) is 18.9 Å². The fourth-order valence-corrected chi connectivity index (χ4v) is 8.14. The van der Waals surface area contributed by atoms with Gasteiger partial charge in [-0.3, -0.25) is 4.68 Å². The molecule has 0 spiro atoms. The van der Waals surface area contributed by atoms with Gasteiger partial charge in [-0.1, -0.05) is 146 Å². The SMILES string of the molecule is C1=CC(c2cc(-c3ccccc3)n(Cc3ccccc3)n2)=C(n2c3ccccc3c3ccccc32)C(n2c3ccccc3c3ccccc32)C1. The van der Waals surface area contributed by atoms with E-state index in [1.165, 1.54) is 54.9 Å². The highest BCUT2D eigenvalue weighted by Gasteiger charge is 2.30. The number of para-hydroxylation sites is 4. The Kier molecular flexibility index (Phi) is 6.66. The van der Waals surface area contributed by atoms with Gasteiger partial charge in [0.25, 0.3) is 0 Å². The number of allylic oxidation sites excluding steroid dienone is 4. The van der Waals surface area contributed by atoms with E-state index in [4.69, 9.17) is 5.10 Å². The lowest BCUT2D eigenvalue weighted by molar-refractivity contribution is 0.644. The highest BCUT2D eigenvalue weighted by atomic mass is 15.3. The summed E-state index contributed by atoms with van der Waals surface area (Å²) in [5.41, 5.74) is 11.7. The van der Waals surface area contributed by atoms with Gasteiger partial charge in [0.15, 0.2) is 0 Å². The molecule has 0 saturated carbocycles. The molecule has 1 aliphatic rings. The van der Waals surface area contributed by atoms with Crippen molar-refractivity contribution in [1.29, 1.82) is 0 Å². The van der Waals surface area contributed by atoms with Gasteiger partial charge in [-0.25, -0.2) is 0 Å². The van der Waals surface area contributed by atoms with Crippen molar-refractivity contribution < 1.29 is 0 Å². The molecule has 1 unspecified atom stereocenters. The Labute approximate surface area is 290 Å². The van der Waals surface area contributed by atoms with Crippen molar-refractivity contribution in [2.75, 3.05) is 0 Å². The highest BCUT2D eigenvalue weighted by Crippen LogP contribution is 2.46. The number of fused-ring (bicyclic) bond motifs is 6. The van der Waals surface area contributed by atoms with Crippen LogP contribution in [0.15, 0.2) is 176 Å². The molecule has 0 fully saturated rings. The topological polar surface area (TPSA) is 27.7 Å². The molecule has 0 N–H and O–H groups in total. The molecule has 50 heavy (non-hydrogen) atoms. The van der Waals surface area contributed by atoms with Crippen LogP contribution in [0.5, 0.6) is 0 Å². The summed E-state index contributed by atoms with van der Waals surface area (Å²) in [6.45, 7) is 0.684. The molecule has 4 nitrogen and oxygen atoms in total. The molecule has 0 aliphatic heterocycles. The molecule has 0 amide bonds. The Morgan fingerprint density at radius 3 is 1.64 bits per heavy atom. The lowest BCUT2D eigenvalue weighted by atomic mass is 9.94. The molecule has 9 aromatic rings. The average Bonchev–Trinajstić information content (AvgIpc) is 3.86. The Morgan fingerprint density at radius 2 is 1.04 bits per heavy atom. The van der Waals surface area contributed by atoms with Crippen molar-refractivity contribution in [3.63, 3.8) is 0 Å². The third kappa shape index (κ3) is 4.49. The van der Waals surface area contributed by atoms with E-state index in [2.05, 4.69) is 190 Å². The number of hydrogen-bond donors (Lipinski definition) is 0. The summed E-state index contributed by atoms with van der Waals surface area (Å²) in [6.07, 6.45) is 5.52. The molecule has 238 valence electrons. The Hall–Kier alpha value is -6.39. The third-order valence-electron chi connectivity index (χ3n) is 10.3. The van der Waals surface area contributed by atoms with E-state index in [-0.39, 0.29) is 6.04 Å². The summed E-state index contributed by atoms with van der Waals surface area (Å²) in [6, 6.07) is 59.0. The van der Waals surface area contributed by atoms with Crippen LogP contribution in [0, 0.1) is 0 Å². The second-order valence-electron chi connectivity index (χ2n) is 13.2. The van der Waals surface area contributed by atoms with Gasteiger partial charge in [0, 0.05) is 38.2 Å². The van der Waals surface area contributed by atoms with Gasteiger partial charge >= 0.3 is 0 Å². The molecule has 3 heterocycles. The number of aromatic nitrogens is 4. The number of nitrogens with zero attached hydrogens (tertiary/aromatic N) is 4. The van der Waals surface area contributed by atoms with Gasteiger partial charge in [-0.2, -0.15) is 5.10 Å². The fraction of sp³-hybridized carbons (Fsp3) is 0.0652. The lowest BCUT2D eigenvalue weighted by Gasteiger charge is -2.30. The quantitative estimate of drug-likeness (QED) is 0.177. The maximum absolute atomic E-state index is 5.45. The first-order valence-corrected chi connectivity index (χ1v) is 17.4. The lowest BCUT2D eigenvalue weighted by Crippen LogP contribution is -2.18. The van der Waals surface area contributed by atoms with Crippen molar-refractivity contribution in [2.45, 2.75) is 19.0 Å². The van der Waals surface area contributed by atoms with Gasteiger partial charge in [-0.05, 0) is 47.9 Å².